The van der Waals surface area contributed by atoms with E-state index in [4.69, 9.17) is 0 Å². The quantitative estimate of drug-likeness (QED) is 0.677. The molecule has 0 radical (unpaired) electrons. The molecule has 5 nitrogen and oxygen atoms in total. The van der Waals surface area contributed by atoms with Crippen LogP contribution in [0.3, 0.4) is 0 Å². The van der Waals surface area contributed by atoms with Gasteiger partial charge in [-0.1, -0.05) is 42.5 Å². The highest BCUT2D eigenvalue weighted by atomic mass is 16.2. The Bertz CT molecular complexity index is 881. The van der Waals surface area contributed by atoms with E-state index in [1.54, 1.807) is 0 Å². The van der Waals surface area contributed by atoms with Gasteiger partial charge in [-0.15, -0.1) is 0 Å². The van der Waals surface area contributed by atoms with Crippen molar-refractivity contribution in [2.75, 3.05) is 32.7 Å². The number of carbonyl (C=O) groups is 1. The second-order valence-electron chi connectivity index (χ2n) is 7.13. The number of hydrogen-bond donors (Lipinski definition) is 0. The van der Waals surface area contributed by atoms with E-state index in [0.29, 0.717) is 13.0 Å². The van der Waals surface area contributed by atoms with Crippen LogP contribution in [-0.2, 0) is 17.8 Å². The number of fused-ring (bicyclic) bond motifs is 1. The molecule has 1 aliphatic rings. The van der Waals surface area contributed by atoms with E-state index >= 15 is 0 Å². The van der Waals surface area contributed by atoms with Crippen molar-refractivity contribution < 1.29 is 4.79 Å². The number of piperazine rings is 1. The summed E-state index contributed by atoms with van der Waals surface area (Å²) < 4.78 is 2.07. The Morgan fingerprint density at radius 1 is 0.889 bits per heavy atom. The van der Waals surface area contributed by atoms with Crippen LogP contribution in [0.25, 0.3) is 11.0 Å². The van der Waals surface area contributed by atoms with Gasteiger partial charge in [0.15, 0.2) is 0 Å². The third-order valence-corrected chi connectivity index (χ3v) is 5.38. The zero-order valence-corrected chi connectivity index (χ0v) is 15.6. The van der Waals surface area contributed by atoms with Crippen LogP contribution in [0.15, 0.2) is 60.9 Å². The van der Waals surface area contributed by atoms with Crippen LogP contribution in [0.1, 0.15) is 12.0 Å². The van der Waals surface area contributed by atoms with Crippen molar-refractivity contribution in [1.82, 2.24) is 19.4 Å². The first-order chi connectivity index (χ1) is 13.3. The number of nitrogens with zero attached hydrogens (tertiary/aromatic N) is 4. The molecule has 0 aliphatic carbocycles. The molecule has 0 spiro atoms. The van der Waals surface area contributed by atoms with Gasteiger partial charge in [-0.2, -0.15) is 0 Å². The third kappa shape index (κ3) is 4.37. The molecule has 1 fully saturated rings. The normalized spacial score (nSPS) is 15.3. The molecule has 2 aromatic carbocycles. The number of rotatable bonds is 6. The second kappa shape index (κ2) is 8.35. The highest BCUT2D eigenvalue weighted by Gasteiger charge is 2.20. The minimum Gasteiger partial charge on any atom is -0.340 e. The van der Waals surface area contributed by atoms with Crippen molar-refractivity contribution in [2.45, 2.75) is 19.4 Å². The number of para-hydroxylation sites is 2. The largest absolute Gasteiger partial charge is 0.340 e. The van der Waals surface area contributed by atoms with E-state index in [0.717, 1.165) is 50.2 Å². The Morgan fingerprint density at radius 2 is 1.63 bits per heavy atom. The van der Waals surface area contributed by atoms with Gasteiger partial charge in [0.1, 0.15) is 0 Å². The molecule has 1 aliphatic heterocycles. The van der Waals surface area contributed by atoms with E-state index < -0.39 is 0 Å². The maximum absolute atomic E-state index is 12.6. The molecular weight excluding hydrogens is 336 g/mol. The monoisotopic (exact) mass is 362 g/mol. The first kappa shape index (κ1) is 17.7. The molecular formula is C22H26N4O. The predicted molar refractivity (Wildman–Crippen MR) is 108 cm³/mol. The standard InChI is InChI=1S/C22H26N4O/c27-22(11-13-26-18-23-20-8-4-5-9-21(20)26)25-16-14-24(15-17-25)12-10-19-6-2-1-3-7-19/h1-9,18H,10-17H2. The van der Waals surface area contributed by atoms with Gasteiger partial charge in [-0.3, -0.25) is 9.69 Å². The average molecular weight is 362 g/mol. The summed E-state index contributed by atoms with van der Waals surface area (Å²) in [6.45, 7) is 5.34. The van der Waals surface area contributed by atoms with Crippen LogP contribution in [-0.4, -0.2) is 58.0 Å². The molecule has 5 heteroatoms. The van der Waals surface area contributed by atoms with E-state index in [1.165, 1.54) is 5.56 Å². The van der Waals surface area contributed by atoms with Crippen molar-refractivity contribution in [3.05, 3.63) is 66.5 Å². The Morgan fingerprint density at radius 3 is 2.44 bits per heavy atom. The number of benzene rings is 2. The van der Waals surface area contributed by atoms with E-state index in [2.05, 4.69) is 50.8 Å². The highest BCUT2D eigenvalue weighted by molar-refractivity contribution is 5.77. The van der Waals surface area contributed by atoms with Crippen molar-refractivity contribution in [3.8, 4) is 0 Å². The first-order valence-corrected chi connectivity index (χ1v) is 9.73. The lowest BCUT2D eigenvalue weighted by atomic mass is 10.1. The van der Waals surface area contributed by atoms with Crippen molar-refractivity contribution in [1.29, 1.82) is 0 Å². The summed E-state index contributed by atoms with van der Waals surface area (Å²) in [7, 11) is 0. The van der Waals surface area contributed by atoms with E-state index in [1.807, 2.05) is 29.4 Å². The molecule has 3 aromatic rings. The van der Waals surface area contributed by atoms with Crippen LogP contribution in [0, 0.1) is 0 Å². The minimum atomic E-state index is 0.246. The lowest BCUT2D eigenvalue weighted by molar-refractivity contribution is -0.133. The fourth-order valence-electron chi connectivity index (χ4n) is 3.72. The van der Waals surface area contributed by atoms with Crippen LogP contribution in [0.4, 0.5) is 0 Å². The summed E-state index contributed by atoms with van der Waals surface area (Å²) in [6, 6.07) is 18.7. The SMILES string of the molecule is O=C(CCn1cnc2ccccc21)N1CCN(CCc2ccccc2)CC1. The number of amides is 1. The van der Waals surface area contributed by atoms with E-state index in [9.17, 15) is 4.79 Å². The maximum atomic E-state index is 12.6. The summed E-state index contributed by atoms with van der Waals surface area (Å²) in [5.74, 6) is 0.246. The lowest BCUT2D eigenvalue weighted by Gasteiger charge is -2.34. The molecule has 4 rings (SSSR count). The summed E-state index contributed by atoms with van der Waals surface area (Å²) in [5, 5.41) is 0. The molecule has 1 aromatic heterocycles. The fourth-order valence-corrected chi connectivity index (χ4v) is 3.72. The third-order valence-electron chi connectivity index (χ3n) is 5.38. The Labute approximate surface area is 160 Å². The first-order valence-electron chi connectivity index (χ1n) is 9.73. The Balaban J connectivity index is 1.23. The van der Waals surface area contributed by atoms with Crippen LogP contribution >= 0.6 is 0 Å². The van der Waals surface area contributed by atoms with Gasteiger partial charge in [-0.25, -0.2) is 4.98 Å². The molecule has 0 saturated carbocycles. The molecule has 0 bridgehead atoms. The molecule has 1 saturated heterocycles. The Hall–Kier alpha value is -2.66. The van der Waals surface area contributed by atoms with Gasteiger partial charge in [0.2, 0.25) is 5.91 Å². The van der Waals surface area contributed by atoms with Crippen LogP contribution in [0.2, 0.25) is 0 Å². The molecule has 140 valence electrons. The van der Waals surface area contributed by atoms with Gasteiger partial charge in [-0.05, 0) is 24.1 Å². The van der Waals surface area contributed by atoms with Crippen LogP contribution in [0.5, 0.6) is 0 Å². The van der Waals surface area contributed by atoms with Crippen molar-refractivity contribution in [2.24, 2.45) is 0 Å². The summed E-state index contributed by atoms with van der Waals surface area (Å²) >= 11 is 0. The number of imidazole rings is 1. The van der Waals surface area contributed by atoms with Crippen molar-refractivity contribution in [3.63, 3.8) is 0 Å². The van der Waals surface area contributed by atoms with Gasteiger partial charge in [0.05, 0.1) is 17.4 Å². The van der Waals surface area contributed by atoms with E-state index in [-0.39, 0.29) is 5.91 Å². The maximum Gasteiger partial charge on any atom is 0.224 e. The minimum absolute atomic E-state index is 0.246. The second-order valence-corrected chi connectivity index (χ2v) is 7.13. The lowest BCUT2D eigenvalue weighted by Crippen LogP contribution is -2.49. The zero-order chi connectivity index (χ0) is 18.5. The number of hydrogen-bond acceptors (Lipinski definition) is 3. The fraction of sp³-hybridized carbons (Fsp3) is 0.364. The number of aromatic nitrogens is 2. The molecule has 2 heterocycles. The van der Waals surface area contributed by atoms with Crippen molar-refractivity contribution >= 4 is 16.9 Å². The summed E-state index contributed by atoms with van der Waals surface area (Å²) in [4.78, 5) is 21.5. The smallest absolute Gasteiger partial charge is 0.224 e. The molecule has 0 N–H and O–H groups in total. The van der Waals surface area contributed by atoms with Gasteiger partial charge < -0.3 is 9.47 Å². The summed E-state index contributed by atoms with van der Waals surface area (Å²) in [5.41, 5.74) is 3.46. The Kier molecular flexibility index (Phi) is 5.49. The molecule has 0 atom stereocenters. The number of aryl methyl sites for hydroxylation is 1. The van der Waals surface area contributed by atoms with Gasteiger partial charge in [0.25, 0.3) is 0 Å². The predicted octanol–water partition coefficient (Wildman–Crippen LogP) is 2.81. The number of carbonyl (C=O) groups excluding carboxylic acids is 1. The average Bonchev–Trinajstić information content (AvgIpc) is 3.15. The zero-order valence-electron chi connectivity index (χ0n) is 15.6. The van der Waals surface area contributed by atoms with Gasteiger partial charge in [0, 0.05) is 45.7 Å². The van der Waals surface area contributed by atoms with Gasteiger partial charge >= 0.3 is 0 Å². The molecule has 0 unspecified atom stereocenters. The highest BCUT2D eigenvalue weighted by Crippen LogP contribution is 2.13. The topological polar surface area (TPSA) is 41.4 Å². The van der Waals surface area contributed by atoms with Crippen LogP contribution < -0.4 is 0 Å². The molecule has 27 heavy (non-hydrogen) atoms. The summed E-state index contributed by atoms with van der Waals surface area (Å²) in [6.07, 6.45) is 3.44. The molecule has 1 amide bonds.